The molecule has 0 nitrogen and oxygen atoms in total. The van der Waals surface area contributed by atoms with Crippen molar-refractivity contribution in [3.8, 4) is 0 Å². The summed E-state index contributed by atoms with van der Waals surface area (Å²) in [6, 6.07) is 0. The van der Waals surface area contributed by atoms with Crippen molar-refractivity contribution in [2.24, 2.45) is 5.41 Å². The lowest BCUT2D eigenvalue weighted by Gasteiger charge is -2.16. The molecule has 0 atom stereocenters. The van der Waals surface area contributed by atoms with Crippen molar-refractivity contribution in [1.82, 2.24) is 0 Å². The topological polar surface area (TPSA) is 0 Å². The van der Waals surface area contributed by atoms with Crippen LogP contribution in [0.25, 0.3) is 0 Å². The Kier molecular flexibility index (Phi) is 2.89. The summed E-state index contributed by atoms with van der Waals surface area (Å²) in [6.07, 6.45) is 3.16. The van der Waals surface area contributed by atoms with Crippen LogP contribution in [0, 0.1) is 5.41 Å². The standard InChI is InChI=1S/C7H13B/c1-4-7(2,3)5-6-8/h5-6H,4H2,1-3H3. The molecule has 0 aliphatic heterocycles. The Labute approximate surface area is 53.4 Å². The molecule has 8 heavy (non-hydrogen) atoms. The lowest BCUT2D eigenvalue weighted by molar-refractivity contribution is 0.463. The first kappa shape index (κ1) is 7.80. The predicted molar refractivity (Wildman–Crippen MR) is 39.0 cm³/mol. The number of rotatable bonds is 2. The fourth-order valence-electron chi connectivity index (χ4n) is 0.378. The van der Waals surface area contributed by atoms with E-state index in [4.69, 9.17) is 7.85 Å². The van der Waals surface area contributed by atoms with Crippen LogP contribution in [0.1, 0.15) is 27.2 Å². The molecule has 0 saturated carbocycles. The molecule has 0 fully saturated rings. The zero-order chi connectivity index (χ0) is 6.62. The predicted octanol–water partition coefficient (Wildman–Crippen LogP) is 2.10. The Morgan fingerprint density at radius 2 is 2.00 bits per heavy atom. The molecule has 0 heterocycles. The summed E-state index contributed by atoms with van der Waals surface area (Å²) in [5.41, 5.74) is 0.286. The van der Waals surface area contributed by atoms with Crippen LogP contribution in [0.3, 0.4) is 0 Å². The van der Waals surface area contributed by atoms with Crippen molar-refractivity contribution in [3.63, 3.8) is 0 Å². The lowest BCUT2D eigenvalue weighted by Crippen LogP contribution is -2.03. The van der Waals surface area contributed by atoms with Crippen LogP contribution < -0.4 is 0 Å². The third-order valence-corrected chi connectivity index (χ3v) is 1.46. The highest BCUT2D eigenvalue weighted by atomic mass is 14.1. The Morgan fingerprint density at radius 1 is 1.50 bits per heavy atom. The van der Waals surface area contributed by atoms with Gasteiger partial charge in [0.15, 0.2) is 0 Å². The molecule has 1 heteroatoms. The fraction of sp³-hybridized carbons (Fsp3) is 0.714. The van der Waals surface area contributed by atoms with E-state index in [1.165, 1.54) is 0 Å². The van der Waals surface area contributed by atoms with E-state index >= 15 is 0 Å². The number of hydrogen-bond acceptors (Lipinski definition) is 0. The summed E-state index contributed by atoms with van der Waals surface area (Å²) >= 11 is 0. The summed E-state index contributed by atoms with van der Waals surface area (Å²) in [5.74, 6) is 1.61. The smallest absolute Gasteiger partial charge is 0.102 e. The van der Waals surface area contributed by atoms with Crippen molar-refractivity contribution < 1.29 is 0 Å². The van der Waals surface area contributed by atoms with Gasteiger partial charge in [-0.15, -0.1) is 5.98 Å². The SMILES string of the molecule is [B]C=CC(C)(C)CC. The van der Waals surface area contributed by atoms with E-state index in [2.05, 4.69) is 20.8 Å². The van der Waals surface area contributed by atoms with Gasteiger partial charge in [-0.25, -0.2) is 0 Å². The zero-order valence-electron chi connectivity index (χ0n) is 5.94. The van der Waals surface area contributed by atoms with E-state index in [0.717, 1.165) is 6.42 Å². The number of hydrogen-bond donors (Lipinski definition) is 0. The molecule has 0 aromatic rings. The summed E-state index contributed by atoms with van der Waals surface area (Å²) in [7, 11) is 5.21. The van der Waals surface area contributed by atoms with Gasteiger partial charge in [-0.2, -0.15) is 0 Å². The molecule has 44 valence electrons. The van der Waals surface area contributed by atoms with Crippen molar-refractivity contribution in [2.75, 3.05) is 0 Å². The van der Waals surface area contributed by atoms with Gasteiger partial charge in [0.1, 0.15) is 7.85 Å². The fourth-order valence-corrected chi connectivity index (χ4v) is 0.378. The van der Waals surface area contributed by atoms with Gasteiger partial charge in [0.25, 0.3) is 0 Å². The van der Waals surface area contributed by atoms with Crippen LogP contribution in [0.4, 0.5) is 0 Å². The van der Waals surface area contributed by atoms with Crippen molar-refractivity contribution >= 4 is 7.85 Å². The van der Waals surface area contributed by atoms with E-state index in [1.807, 2.05) is 6.08 Å². The summed E-state index contributed by atoms with van der Waals surface area (Å²) < 4.78 is 0. The molecule has 0 aromatic carbocycles. The van der Waals surface area contributed by atoms with E-state index in [-0.39, 0.29) is 5.41 Å². The summed E-state index contributed by atoms with van der Waals surface area (Å²) in [5, 5.41) is 0. The van der Waals surface area contributed by atoms with Crippen LogP contribution in [-0.4, -0.2) is 7.85 Å². The van der Waals surface area contributed by atoms with E-state index in [0.29, 0.717) is 0 Å². The van der Waals surface area contributed by atoms with Gasteiger partial charge in [0.05, 0.1) is 0 Å². The normalized spacial score (nSPS) is 12.9. The quantitative estimate of drug-likeness (QED) is 0.475. The average Bonchev–Trinajstić information content (AvgIpc) is 1.67. The van der Waals surface area contributed by atoms with Crippen LogP contribution in [-0.2, 0) is 0 Å². The largest absolute Gasteiger partial charge is 0.135 e. The van der Waals surface area contributed by atoms with E-state index in [9.17, 15) is 0 Å². The Morgan fingerprint density at radius 3 is 2.12 bits per heavy atom. The second-order valence-corrected chi connectivity index (χ2v) is 2.70. The Bertz CT molecular complexity index is 82.4. The number of allylic oxidation sites excluding steroid dienone is 1. The first-order valence-corrected chi connectivity index (χ1v) is 3.02. The van der Waals surface area contributed by atoms with Gasteiger partial charge >= 0.3 is 0 Å². The van der Waals surface area contributed by atoms with Gasteiger partial charge in [0, 0.05) is 0 Å². The van der Waals surface area contributed by atoms with Crippen LogP contribution in [0.15, 0.2) is 12.1 Å². The van der Waals surface area contributed by atoms with Gasteiger partial charge in [-0.3, -0.25) is 0 Å². The van der Waals surface area contributed by atoms with Gasteiger partial charge in [-0.05, 0) is 11.8 Å². The molecule has 2 radical (unpaired) electrons. The lowest BCUT2D eigenvalue weighted by atomic mass is 9.88. The van der Waals surface area contributed by atoms with Crippen LogP contribution in [0.2, 0.25) is 0 Å². The maximum Gasteiger partial charge on any atom is 0.102 e. The molecular formula is C7H13B. The Hall–Kier alpha value is -0.195. The molecule has 0 rings (SSSR count). The molecule has 0 bridgehead atoms. The molecule has 0 unspecified atom stereocenters. The molecule has 0 aliphatic rings. The highest BCUT2D eigenvalue weighted by molar-refractivity contribution is 6.17. The van der Waals surface area contributed by atoms with Crippen molar-refractivity contribution in [2.45, 2.75) is 27.2 Å². The van der Waals surface area contributed by atoms with E-state index in [1.54, 1.807) is 5.98 Å². The highest BCUT2D eigenvalue weighted by Crippen LogP contribution is 2.20. The summed E-state index contributed by atoms with van der Waals surface area (Å²) in [4.78, 5) is 0. The zero-order valence-corrected chi connectivity index (χ0v) is 5.94. The second-order valence-electron chi connectivity index (χ2n) is 2.70. The first-order chi connectivity index (χ1) is 3.62. The average molecular weight is 108 g/mol. The van der Waals surface area contributed by atoms with Crippen LogP contribution in [0.5, 0.6) is 0 Å². The van der Waals surface area contributed by atoms with Gasteiger partial charge < -0.3 is 0 Å². The van der Waals surface area contributed by atoms with Crippen molar-refractivity contribution in [1.29, 1.82) is 0 Å². The summed E-state index contributed by atoms with van der Waals surface area (Å²) in [6.45, 7) is 6.48. The minimum atomic E-state index is 0.286. The Balaban J connectivity index is 3.71. The monoisotopic (exact) mass is 108 g/mol. The minimum Gasteiger partial charge on any atom is -0.135 e. The molecule has 0 spiro atoms. The maximum absolute atomic E-state index is 5.21. The van der Waals surface area contributed by atoms with Crippen LogP contribution >= 0.6 is 0 Å². The molecule has 0 aromatic heterocycles. The third-order valence-electron chi connectivity index (χ3n) is 1.46. The highest BCUT2D eigenvalue weighted by Gasteiger charge is 2.07. The minimum absolute atomic E-state index is 0.286. The third kappa shape index (κ3) is 2.89. The maximum atomic E-state index is 5.21. The van der Waals surface area contributed by atoms with Gasteiger partial charge in [-0.1, -0.05) is 26.8 Å². The second kappa shape index (κ2) is 2.96. The first-order valence-electron chi connectivity index (χ1n) is 3.02. The molecule has 0 saturated heterocycles. The van der Waals surface area contributed by atoms with E-state index < -0.39 is 0 Å². The van der Waals surface area contributed by atoms with Gasteiger partial charge in [0.2, 0.25) is 0 Å². The van der Waals surface area contributed by atoms with Crippen molar-refractivity contribution in [3.05, 3.63) is 12.1 Å². The molecule has 0 N–H and O–H groups in total. The molecule has 0 amide bonds. The molecular weight excluding hydrogens is 94.9 g/mol. The molecule has 0 aliphatic carbocycles.